The fraction of sp³-hybridized carbons (Fsp3) is 0.480. The summed E-state index contributed by atoms with van der Waals surface area (Å²) in [5.74, 6) is 0.871. The average Bonchev–Trinajstić information content (AvgIpc) is 2.67. The Morgan fingerprint density at radius 3 is 2.61 bits per heavy atom. The molecule has 1 aliphatic carbocycles. The summed E-state index contributed by atoms with van der Waals surface area (Å²) in [5.41, 5.74) is 1.68. The van der Waals surface area contributed by atoms with Gasteiger partial charge in [-0.1, -0.05) is 70.2 Å². The molecular weight excluding hydrogens is 348 g/mol. The quantitative estimate of drug-likeness (QED) is 0.663. The Kier molecular flexibility index (Phi) is 6.56. The van der Waals surface area contributed by atoms with E-state index in [1.54, 1.807) is 0 Å². The Bertz CT molecular complexity index is 839. The van der Waals surface area contributed by atoms with Crippen LogP contribution < -0.4 is 0 Å². The Hall–Kier alpha value is -2.13. The van der Waals surface area contributed by atoms with Crippen molar-refractivity contribution in [1.82, 2.24) is 0 Å². The van der Waals surface area contributed by atoms with Crippen molar-refractivity contribution in [3.8, 4) is 0 Å². The molecule has 2 aromatic carbocycles. The lowest BCUT2D eigenvalue weighted by Crippen LogP contribution is -2.38. The van der Waals surface area contributed by atoms with Gasteiger partial charge in [0, 0.05) is 6.42 Å². The van der Waals surface area contributed by atoms with E-state index in [1.807, 2.05) is 36.4 Å². The third-order valence-corrected chi connectivity index (χ3v) is 6.10. The topological polar surface area (TPSA) is 46.5 Å². The highest BCUT2D eigenvalue weighted by molar-refractivity contribution is 5.86. The van der Waals surface area contributed by atoms with Crippen LogP contribution in [0.1, 0.15) is 52.0 Å². The number of hydrogen-bond acceptors (Lipinski definition) is 3. The molecule has 1 N–H and O–H groups in total. The van der Waals surface area contributed by atoms with Crippen molar-refractivity contribution >= 4 is 22.3 Å². The fourth-order valence-electron chi connectivity index (χ4n) is 4.32. The lowest BCUT2D eigenvalue weighted by Gasteiger charge is -2.37. The number of rotatable bonds is 6. The second-order valence-electron chi connectivity index (χ2n) is 8.69. The van der Waals surface area contributed by atoms with Gasteiger partial charge in [-0.15, -0.1) is 0 Å². The Morgan fingerprint density at radius 2 is 1.89 bits per heavy atom. The first-order valence-electron chi connectivity index (χ1n) is 10.4. The molecular formula is C25H32O3. The van der Waals surface area contributed by atoms with Gasteiger partial charge in [0.15, 0.2) is 6.10 Å². The second kappa shape index (κ2) is 8.91. The van der Waals surface area contributed by atoms with Crippen LogP contribution in [-0.2, 0) is 9.53 Å². The minimum Gasteiger partial charge on any atom is -0.460 e. The van der Waals surface area contributed by atoms with Crippen molar-refractivity contribution in [2.24, 2.45) is 17.8 Å². The van der Waals surface area contributed by atoms with Crippen LogP contribution in [0.3, 0.4) is 0 Å². The van der Waals surface area contributed by atoms with Crippen molar-refractivity contribution in [3.05, 3.63) is 54.6 Å². The maximum atomic E-state index is 12.6. The number of carbonyl (C=O) groups excluding carboxylic acids is 1. The van der Waals surface area contributed by atoms with Crippen molar-refractivity contribution in [1.29, 1.82) is 0 Å². The molecule has 3 rings (SSSR count). The highest BCUT2D eigenvalue weighted by atomic mass is 16.6. The lowest BCUT2D eigenvalue weighted by atomic mass is 9.75. The molecule has 150 valence electrons. The molecule has 4 atom stereocenters. The predicted octanol–water partition coefficient (Wildman–Crippen LogP) is 5.61. The molecule has 0 unspecified atom stereocenters. The summed E-state index contributed by atoms with van der Waals surface area (Å²) >= 11 is 0. The van der Waals surface area contributed by atoms with Crippen LogP contribution in [0.2, 0.25) is 0 Å². The highest BCUT2D eigenvalue weighted by Crippen LogP contribution is 2.35. The summed E-state index contributed by atoms with van der Waals surface area (Å²) in [6, 6.07) is 14.2. The Balaban J connectivity index is 1.63. The van der Waals surface area contributed by atoms with E-state index in [0.717, 1.165) is 34.8 Å². The van der Waals surface area contributed by atoms with Crippen LogP contribution >= 0.6 is 0 Å². The molecule has 28 heavy (non-hydrogen) atoms. The summed E-state index contributed by atoms with van der Waals surface area (Å²) in [6.45, 7) is 10.7. The molecule has 1 saturated carbocycles. The van der Waals surface area contributed by atoms with Crippen LogP contribution in [0.4, 0.5) is 0 Å². The smallest absolute Gasteiger partial charge is 0.335 e. The standard InChI is InChI=1S/C25H32O3/c1-16(2)22-12-9-17(3)13-24(22)28-25(27)23(26)14-18(4)20-11-10-19-7-5-6-8-21(19)15-20/h5-8,10-11,15-17,22-24,26H,4,9,12-14H2,1-3H3/t17-,22+,23-,24-/m1/s1. The number of aliphatic hydroxyl groups excluding tert-OH is 1. The largest absolute Gasteiger partial charge is 0.460 e. The highest BCUT2D eigenvalue weighted by Gasteiger charge is 2.34. The summed E-state index contributed by atoms with van der Waals surface area (Å²) in [7, 11) is 0. The molecule has 1 fully saturated rings. The fourth-order valence-corrected chi connectivity index (χ4v) is 4.32. The molecule has 1 aliphatic rings. The molecule has 0 saturated heterocycles. The van der Waals surface area contributed by atoms with E-state index in [9.17, 15) is 9.90 Å². The molecule has 0 amide bonds. The third kappa shape index (κ3) is 4.82. The first-order valence-corrected chi connectivity index (χ1v) is 10.4. The van der Waals surface area contributed by atoms with Gasteiger partial charge in [0.2, 0.25) is 0 Å². The number of hydrogen-bond donors (Lipinski definition) is 1. The summed E-state index contributed by atoms with van der Waals surface area (Å²) < 4.78 is 5.77. The van der Waals surface area contributed by atoms with Gasteiger partial charge in [-0.2, -0.15) is 0 Å². The van der Waals surface area contributed by atoms with Gasteiger partial charge in [0.25, 0.3) is 0 Å². The number of carbonyl (C=O) groups is 1. The van der Waals surface area contributed by atoms with Gasteiger partial charge in [-0.3, -0.25) is 0 Å². The minimum absolute atomic E-state index is 0.0974. The van der Waals surface area contributed by atoms with Gasteiger partial charge in [-0.05, 0) is 58.6 Å². The first-order chi connectivity index (χ1) is 13.3. The molecule has 0 radical (unpaired) electrons. The lowest BCUT2D eigenvalue weighted by molar-refractivity contribution is -0.165. The van der Waals surface area contributed by atoms with Gasteiger partial charge < -0.3 is 9.84 Å². The maximum absolute atomic E-state index is 12.6. The predicted molar refractivity (Wildman–Crippen MR) is 115 cm³/mol. The molecule has 0 heterocycles. The molecule has 0 spiro atoms. The van der Waals surface area contributed by atoms with E-state index >= 15 is 0 Å². The van der Waals surface area contributed by atoms with Crippen molar-refractivity contribution in [3.63, 3.8) is 0 Å². The van der Waals surface area contributed by atoms with Crippen LogP contribution in [0.5, 0.6) is 0 Å². The van der Waals surface area contributed by atoms with Crippen LogP contribution in [0.15, 0.2) is 49.0 Å². The van der Waals surface area contributed by atoms with E-state index < -0.39 is 12.1 Å². The number of fused-ring (bicyclic) bond motifs is 1. The van der Waals surface area contributed by atoms with Gasteiger partial charge in [0.1, 0.15) is 6.10 Å². The molecule has 2 aromatic rings. The third-order valence-electron chi connectivity index (χ3n) is 6.10. The van der Waals surface area contributed by atoms with E-state index in [-0.39, 0.29) is 12.5 Å². The van der Waals surface area contributed by atoms with Crippen LogP contribution in [-0.4, -0.2) is 23.3 Å². The SMILES string of the molecule is C=C(C[C@@H](O)C(=O)O[C@@H]1C[C@H](C)CC[C@H]1C(C)C)c1ccc2ccccc2c1. The van der Waals surface area contributed by atoms with E-state index in [4.69, 9.17) is 4.74 Å². The monoisotopic (exact) mass is 380 g/mol. The molecule has 3 heteroatoms. The van der Waals surface area contributed by atoms with Crippen LogP contribution in [0, 0.1) is 17.8 Å². The first kappa shape index (κ1) is 20.6. The second-order valence-corrected chi connectivity index (χ2v) is 8.69. The van der Waals surface area contributed by atoms with Gasteiger partial charge in [0.05, 0.1) is 0 Å². The zero-order chi connectivity index (χ0) is 20.3. The average molecular weight is 381 g/mol. The van der Waals surface area contributed by atoms with Gasteiger partial charge in [-0.25, -0.2) is 4.79 Å². The molecule has 3 nitrogen and oxygen atoms in total. The minimum atomic E-state index is -1.18. The van der Waals surface area contributed by atoms with Crippen molar-refractivity contribution in [2.45, 2.75) is 58.7 Å². The normalized spacial score (nSPS) is 23.5. The molecule has 0 bridgehead atoms. The zero-order valence-corrected chi connectivity index (χ0v) is 17.2. The Labute approximate surface area is 168 Å². The number of benzene rings is 2. The van der Waals surface area contributed by atoms with Crippen LogP contribution in [0.25, 0.3) is 16.3 Å². The van der Waals surface area contributed by atoms with Gasteiger partial charge >= 0.3 is 5.97 Å². The van der Waals surface area contributed by atoms with E-state index in [2.05, 4.69) is 33.4 Å². The molecule has 0 aliphatic heterocycles. The maximum Gasteiger partial charge on any atom is 0.335 e. The van der Waals surface area contributed by atoms with Crippen molar-refractivity contribution < 1.29 is 14.6 Å². The zero-order valence-electron chi connectivity index (χ0n) is 17.2. The number of aliphatic hydroxyl groups is 1. The van der Waals surface area contributed by atoms with E-state index in [1.165, 1.54) is 6.42 Å². The summed E-state index contributed by atoms with van der Waals surface area (Å²) in [5, 5.41) is 12.7. The number of esters is 1. The summed E-state index contributed by atoms with van der Waals surface area (Å²) in [4.78, 5) is 12.6. The van der Waals surface area contributed by atoms with Crippen molar-refractivity contribution in [2.75, 3.05) is 0 Å². The molecule has 0 aromatic heterocycles. The number of ether oxygens (including phenoxy) is 1. The summed E-state index contributed by atoms with van der Waals surface area (Å²) in [6.07, 6.45) is 2.05. The van der Waals surface area contributed by atoms with E-state index in [0.29, 0.717) is 17.8 Å². The Morgan fingerprint density at radius 1 is 1.18 bits per heavy atom.